The number of hydrogen-bond donors (Lipinski definition) is 2. The fraction of sp³-hybridized carbons (Fsp3) is 0.222. The first kappa shape index (κ1) is 17.0. The lowest BCUT2D eigenvalue weighted by Gasteiger charge is -2.19. The van der Waals surface area contributed by atoms with E-state index < -0.39 is 11.9 Å². The van der Waals surface area contributed by atoms with E-state index >= 15 is 0 Å². The summed E-state index contributed by atoms with van der Waals surface area (Å²) >= 11 is 0. The van der Waals surface area contributed by atoms with Gasteiger partial charge in [0.25, 0.3) is 0 Å². The molecule has 1 atom stereocenters. The molecule has 0 radical (unpaired) electrons. The summed E-state index contributed by atoms with van der Waals surface area (Å²) in [5.74, 6) is -0.314. The molecule has 0 spiro atoms. The van der Waals surface area contributed by atoms with Gasteiger partial charge in [-0.2, -0.15) is 10.5 Å². The SMILES string of the molecule is CCc1c(C#N)c(C)nc(NC(C(N)=O)c2ccccc2)c1C#N. The van der Waals surface area contributed by atoms with Gasteiger partial charge < -0.3 is 11.1 Å². The highest BCUT2D eigenvalue weighted by atomic mass is 16.1. The minimum Gasteiger partial charge on any atom is -0.368 e. The third-order valence-corrected chi connectivity index (χ3v) is 3.76. The number of hydrogen-bond acceptors (Lipinski definition) is 5. The lowest BCUT2D eigenvalue weighted by atomic mass is 9.99. The Labute approximate surface area is 140 Å². The molecule has 24 heavy (non-hydrogen) atoms. The largest absolute Gasteiger partial charge is 0.368 e. The lowest BCUT2D eigenvalue weighted by molar-refractivity contribution is -0.118. The predicted molar refractivity (Wildman–Crippen MR) is 89.8 cm³/mol. The van der Waals surface area contributed by atoms with Gasteiger partial charge in [-0.05, 0) is 24.5 Å². The number of nitrogens with two attached hydrogens (primary N) is 1. The zero-order chi connectivity index (χ0) is 17.7. The number of amides is 1. The van der Waals surface area contributed by atoms with E-state index in [9.17, 15) is 15.3 Å². The maximum Gasteiger partial charge on any atom is 0.244 e. The van der Waals surface area contributed by atoms with Crippen molar-refractivity contribution in [2.75, 3.05) is 5.32 Å². The number of rotatable bonds is 5. The molecule has 6 nitrogen and oxygen atoms in total. The lowest BCUT2D eigenvalue weighted by Crippen LogP contribution is -2.28. The number of aryl methyl sites for hydroxylation is 1. The molecule has 2 aromatic rings. The van der Waals surface area contributed by atoms with E-state index in [1.807, 2.05) is 13.0 Å². The summed E-state index contributed by atoms with van der Waals surface area (Å²) in [6, 6.07) is 12.3. The zero-order valence-electron chi connectivity index (χ0n) is 13.5. The first-order valence-electron chi connectivity index (χ1n) is 7.47. The van der Waals surface area contributed by atoms with Crippen LogP contribution in [0.3, 0.4) is 0 Å². The topological polar surface area (TPSA) is 116 Å². The zero-order valence-corrected chi connectivity index (χ0v) is 13.5. The van der Waals surface area contributed by atoms with Gasteiger partial charge in [-0.15, -0.1) is 0 Å². The Hall–Kier alpha value is -3.38. The van der Waals surface area contributed by atoms with Gasteiger partial charge in [0.05, 0.1) is 16.8 Å². The van der Waals surface area contributed by atoms with Gasteiger partial charge >= 0.3 is 0 Å². The van der Waals surface area contributed by atoms with Gasteiger partial charge in [0.2, 0.25) is 5.91 Å². The van der Waals surface area contributed by atoms with Crippen LogP contribution in [-0.2, 0) is 11.2 Å². The standard InChI is InChI=1S/C18H17N5O/c1-3-13-14(9-19)11(2)22-18(15(13)10-20)23-16(17(21)24)12-7-5-4-6-8-12/h4-8,16H,3H2,1-2H3,(H2,21,24)(H,22,23). The monoisotopic (exact) mass is 319 g/mol. The highest BCUT2D eigenvalue weighted by Crippen LogP contribution is 2.27. The normalized spacial score (nSPS) is 11.2. The first-order valence-corrected chi connectivity index (χ1v) is 7.47. The predicted octanol–water partition coefficient (Wildman–Crippen LogP) is 2.33. The van der Waals surface area contributed by atoms with Gasteiger partial charge in [0.1, 0.15) is 24.0 Å². The summed E-state index contributed by atoms with van der Waals surface area (Å²) in [6.07, 6.45) is 0.510. The van der Waals surface area contributed by atoms with Crippen LogP contribution in [0, 0.1) is 29.6 Å². The Bertz CT molecular complexity index is 846. The van der Waals surface area contributed by atoms with Crippen LogP contribution >= 0.6 is 0 Å². The molecule has 0 saturated heterocycles. The second-order valence-corrected chi connectivity index (χ2v) is 5.24. The number of carbonyl (C=O) groups is 1. The summed E-state index contributed by atoms with van der Waals surface area (Å²) < 4.78 is 0. The second-order valence-electron chi connectivity index (χ2n) is 5.24. The van der Waals surface area contributed by atoms with Crippen molar-refractivity contribution in [1.82, 2.24) is 4.98 Å². The maximum absolute atomic E-state index is 11.9. The van der Waals surface area contributed by atoms with Crippen LogP contribution in [0.1, 0.15) is 40.9 Å². The van der Waals surface area contributed by atoms with Crippen molar-refractivity contribution < 1.29 is 4.79 Å². The van der Waals surface area contributed by atoms with Crippen molar-refractivity contribution in [3.05, 3.63) is 58.3 Å². The van der Waals surface area contributed by atoms with E-state index in [0.717, 1.165) is 0 Å². The van der Waals surface area contributed by atoms with Crippen molar-refractivity contribution in [3.63, 3.8) is 0 Å². The van der Waals surface area contributed by atoms with Crippen LogP contribution in [0.25, 0.3) is 0 Å². The average Bonchev–Trinajstić information content (AvgIpc) is 2.59. The van der Waals surface area contributed by atoms with Crippen LogP contribution in [0.2, 0.25) is 0 Å². The number of nitrogens with zero attached hydrogens (tertiary/aromatic N) is 3. The van der Waals surface area contributed by atoms with Crippen LogP contribution in [-0.4, -0.2) is 10.9 Å². The summed E-state index contributed by atoms with van der Waals surface area (Å²) in [7, 11) is 0. The third-order valence-electron chi connectivity index (χ3n) is 3.76. The van der Waals surface area contributed by atoms with Crippen LogP contribution in [0.4, 0.5) is 5.82 Å². The number of nitriles is 2. The Morgan fingerprint density at radius 3 is 2.38 bits per heavy atom. The van der Waals surface area contributed by atoms with E-state index in [4.69, 9.17) is 5.73 Å². The van der Waals surface area contributed by atoms with Crippen molar-refractivity contribution in [2.45, 2.75) is 26.3 Å². The highest BCUT2D eigenvalue weighted by molar-refractivity contribution is 5.84. The van der Waals surface area contributed by atoms with Crippen molar-refractivity contribution in [1.29, 1.82) is 10.5 Å². The highest BCUT2D eigenvalue weighted by Gasteiger charge is 2.22. The molecule has 0 bridgehead atoms. The average molecular weight is 319 g/mol. The van der Waals surface area contributed by atoms with Crippen molar-refractivity contribution >= 4 is 11.7 Å². The minimum absolute atomic E-state index is 0.263. The quantitative estimate of drug-likeness (QED) is 0.877. The molecule has 6 heteroatoms. The van der Waals surface area contributed by atoms with E-state index in [-0.39, 0.29) is 11.4 Å². The molecule has 0 saturated carbocycles. The minimum atomic E-state index is -0.817. The van der Waals surface area contributed by atoms with Crippen LogP contribution < -0.4 is 11.1 Å². The van der Waals surface area contributed by atoms with Gasteiger partial charge in [0.15, 0.2) is 0 Å². The Balaban J connectivity index is 2.56. The third kappa shape index (κ3) is 3.18. The summed E-state index contributed by atoms with van der Waals surface area (Å²) in [5.41, 5.74) is 7.97. The van der Waals surface area contributed by atoms with E-state index in [1.54, 1.807) is 31.2 Å². The Morgan fingerprint density at radius 2 is 1.88 bits per heavy atom. The molecule has 1 heterocycles. The van der Waals surface area contributed by atoms with Crippen LogP contribution in [0.5, 0.6) is 0 Å². The number of aromatic nitrogens is 1. The molecule has 1 aromatic heterocycles. The van der Waals surface area contributed by atoms with Gasteiger partial charge in [-0.3, -0.25) is 4.79 Å². The van der Waals surface area contributed by atoms with E-state index in [1.165, 1.54) is 0 Å². The number of benzene rings is 1. The second kappa shape index (κ2) is 7.26. The number of carbonyl (C=O) groups excluding carboxylic acids is 1. The molecule has 0 aliphatic rings. The Morgan fingerprint density at radius 1 is 1.25 bits per heavy atom. The van der Waals surface area contributed by atoms with Gasteiger partial charge in [-0.25, -0.2) is 4.98 Å². The smallest absolute Gasteiger partial charge is 0.244 e. The van der Waals surface area contributed by atoms with E-state index in [0.29, 0.717) is 28.8 Å². The van der Waals surface area contributed by atoms with Gasteiger partial charge in [-0.1, -0.05) is 37.3 Å². The molecular weight excluding hydrogens is 302 g/mol. The molecule has 2 rings (SSSR count). The summed E-state index contributed by atoms with van der Waals surface area (Å²) in [6.45, 7) is 3.56. The van der Waals surface area contributed by atoms with E-state index in [2.05, 4.69) is 22.4 Å². The molecule has 1 amide bonds. The molecule has 0 aliphatic heterocycles. The van der Waals surface area contributed by atoms with Gasteiger partial charge in [0, 0.05) is 0 Å². The summed E-state index contributed by atoms with van der Waals surface area (Å²) in [5, 5.41) is 21.8. The van der Waals surface area contributed by atoms with Crippen LogP contribution in [0.15, 0.2) is 30.3 Å². The molecule has 120 valence electrons. The maximum atomic E-state index is 11.9. The molecular formula is C18H17N5O. The number of anilines is 1. The number of pyridine rings is 1. The fourth-order valence-electron chi connectivity index (χ4n) is 2.59. The first-order chi connectivity index (χ1) is 11.5. The number of nitrogens with one attached hydrogen (secondary N) is 1. The van der Waals surface area contributed by atoms with Crippen molar-refractivity contribution in [2.24, 2.45) is 5.73 Å². The molecule has 0 aliphatic carbocycles. The molecule has 1 aromatic carbocycles. The molecule has 3 N–H and O–H groups in total. The fourth-order valence-corrected chi connectivity index (χ4v) is 2.59. The number of primary amides is 1. The summed E-state index contributed by atoms with van der Waals surface area (Å²) in [4.78, 5) is 16.2. The van der Waals surface area contributed by atoms with Crippen molar-refractivity contribution in [3.8, 4) is 12.1 Å². The Kier molecular flexibility index (Phi) is 5.13. The molecule has 1 unspecified atom stereocenters. The molecule has 0 fully saturated rings.